The van der Waals surface area contributed by atoms with Crippen LogP contribution >= 0.6 is 0 Å². The van der Waals surface area contributed by atoms with E-state index in [1.807, 2.05) is 0 Å². The molecule has 1 aromatic heterocycles. The Hall–Kier alpha value is -1.47. The lowest BCUT2D eigenvalue weighted by molar-refractivity contribution is 0.142. The fourth-order valence-corrected chi connectivity index (χ4v) is 2.48. The number of halogens is 2. The minimum absolute atomic E-state index is 0.0464. The summed E-state index contributed by atoms with van der Waals surface area (Å²) in [5, 5.41) is 12.3. The van der Waals surface area contributed by atoms with Crippen molar-refractivity contribution in [2.45, 2.75) is 25.7 Å². The zero-order valence-electron chi connectivity index (χ0n) is 10.5. The summed E-state index contributed by atoms with van der Waals surface area (Å²) < 4.78 is 26.8. The number of pyridine rings is 1. The standard InChI is InChI=1S/C12H18F2N4O/c13-8-5-9(14)11(18-15)17-10(8)16-6-12(7-19)3-1-2-4-12/h5,19H,1-4,6-7,15H2,(H2,16,17,18). The number of rotatable bonds is 5. The molecule has 0 saturated heterocycles. The molecule has 1 fully saturated rings. The van der Waals surface area contributed by atoms with Crippen LogP contribution < -0.4 is 16.6 Å². The van der Waals surface area contributed by atoms with Gasteiger partial charge in [0, 0.05) is 18.0 Å². The van der Waals surface area contributed by atoms with E-state index in [-0.39, 0.29) is 23.7 Å². The Balaban J connectivity index is 2.10. The number of aromatic nitrogens is 1. The zero-order valence-corrected chi connectivity index (χ0v) is 10.5. The monoisotopic (exact) mass is 272 g/mol. The maximum atomic E-state index is 13.6. The van der Waals surface area contributed by atoms with Crippen LogP contribution in [0.25, 0.3) is 0 Å². The molecule has 0 amide bonds. The van der Waals surface area contributed by atoms with Crippen LogP contribution in [-0.2, 0) is 0 Å². The molecule has 1 aliphatic carbocycles. The second-order valence-corrected chi connectivity index (χ2v) is 5.01. The lowest BCUT2D eigenvalue weighted by atomic mass is 9.87. The van der Waals surface area contributed by atoms with E-state index >= 15 is 0 Å². The van der Waals surface area contributed by atoms with Gasteiger partial charge in [0.15, 0.2) is 23.3 Å². The Labute approximate surface area is 110 Å². The van der Waals surface area contributed by atoms with Gasteiger partial charge in [0.05, 0.1) is 6.61 Å². The Morgan fingerprint density at radius 1 is 1.26 bits per heavy atom. The maximum Gasteiger partial charge on any atom is 0.178 e. The summed E-state index contributed by atoms with van der Waals surface area (Å²) in [6, 6.07) is 0.727. The minimum atomic E-state index is -0.844. The van der Waals surface area contributed by atoms with Gasteiger partial charge in [0.25, 0.3) is 0 Å². The van der Waals surface area contributed by atoms with Gasteiger partial charge in [-0.3, -0.25) is 0 Å². The first-order valence-electron chi connectivity index (χ1n) is 6.28. The topological polar surface area (TPSA) is 83.2 Å². The Bertz CT molecular complexity index is 450. The quantitative estimate of drug-likeness (QED) is 0.483. The highest BCUT2D eigenvalue weighted by Gasteiger charge is 2.33. The second-order valence-electron chi connectivity index (χ2n) is 5.01. The zero-order chi connectivity index (χ0) is 13.9. The van der Waals surface area contributed by atoms with Crippen molar-refractivity contribution in [1.29, 1.82) is 0 Å². The van der Waals surface area contributed by atoms with Gasteiger partial charge in [-0.05, 0) is 12.8 Å². The predicted molar refractivity (Wildman–Crippen MR) is 68.4 cm³/mol. The fraction of sp³-hybridized carbons (Fsp3) is 0.583. The molecule has 0 radical (unpaired) electrons. The van der Waals surface area contributed by atoms with E-state index in [2.05, 4.69) is 15.7 Å². The average molecular weight is 272 g/mol. The van der Waals surface area contributed by atoms with Crippen LogP contribution in [-0.4, -0.2) is 23.2 Å². The highest BCUT2D eigenvalue weighted by molar-refractivity contribution is 5.47. The number of nitrogens with two attached hydrogens (primary N) is 1. The van der Waals surface area contributed by atoms with Crippen molar-refractivity contribution in [3.8, 4) is 0 Å². The van der Waals surface area contributed by atoms with Gasteiger partial charge in [0.2, 0.25) is 0 Å². The molecule has 1 saturated carbocycles. The molecule has 19 heavy (non-hydrogen) atoms. The number of hydrazine groups is 1. The summed E-state index contributed by atoms with van der Waals surface area (Å²) in [6.45, 7) is 0.452. The van der Waals surface area contributed by atoms with Crippen molar-refractivity contribution in [2.75, 3.05) is 23.9 Å². The first-order valence-corrected chi connectivity index (χ1v) is 6.28. The molecule has 0 unspecified atom stereocenters. The lowest BCUT2D eigenvalue weighted by Crippen LogP contribution is -2.31. The Morgan fingerprint density at radius 2 is 1.89 bits per heavy atom. The molecular weight excluding hydrogens is 254 g/mol. The fourth-order valence-electron chi connectivity index (χ4n) is 2.48. The summed E-state index contributed by atoms with van der Waals surface area (Å²) >= 11 is 0. The molecule has 0 aliphatic heterocycles. The third kappa shape index (κ3) is 2.93. The first-order chi connectivity index (χ1) is 9.10. The summed E-state index contributed by atoms with van der Waals surface area (Å²) in [6.07, 6.45) is 3.89. The van der Waals surface area contributed by atoms with Crippen LogP contribution in [0.3, 0.4) is 0 Å². The third-order valence-corrected chi connectivity index (χ3v) is 3.70. The smallest absolute Gasteiger partial charge is 0.178 e. The Morgan fingerprint density at radius 3 is 2.47 bits per heavy atom. The van der Waals surface area contributed by atoms with Gasteiger partial charge >= 0.3 is 0 Å². The highest BCUT2D eigenvalue weighted by atomic mass is 19.1. The van der Waals surface area contributed by atoms with E-state index in [0.29, 0.717) is 6.54 Å². The van der Waals surface area contributed by atoms with E-state index in [4.69, 9.17) is 5.84 Å². The number of hydrogen-bond acceptors (Lipinski definition) is 5. The number of nitrogen functional groups attached to an aromatic ring is 1. The van der Waals surface area contributed by atoms with E-state index in [0.717, 1.165) is 31.7 Å². The van der Waals surface area contributed by atoms with Gasteiger partial charge in [-0.15, -0.1) is 0 Å². The van der Waals surface area contributed by atoms with Gasteiger partial charge in [-0.25, -0.2) is 19.6 Å². The number of nitrogens with one attached hydrogen (secondary N) is 2. The number of hydrogen-bond donors (Lipinski definition) is 4. The van der Waals surface area contributed by atoms with Crippen molar-refractivity contribution >= 4 is 11.6 Å². The van der Waals surface area contributed by atoms with Gasteiger partial charge in [0.1, 0.15) is 0 Å². The molecule has 5 nitrogen and oxygen atoms in total. The predicted octanol–water partition coefficient (Wildman–Crippen LogP) is 1.61. The lowest BCUT2D eigenvalue weighted by Gasteiger charge is -2.27. The SMILES string of the molecule is NNc1nc(NCC2(CO)CCCC2)c(F)cc1F. The molecule has 0 bridgehead atoms. The summed E-state index contributed by atoms with van der Waals surface area (Å²) in [4.78, 5) is 3.74. The van der Waals surface area contributed by atoms with Crippen LogP contribution in [0.15, 0.2) is 6.07 Å². The van der Waals surface area contributed by atoms with Crippen molar-refractivity contribution in [3.05, 3.63) is 17.7 Å². The normalized spacial score (nSPS) is 17.5. The average Bonchev–Trinajstić information content (AvgIpc) is 2.87. The number of aliphatic hydroxyl groups excluding tert-OH is 1. The van der Waals surface area contributed by atoms with E-state index in [9.17, 15) is 13.9 Å². The van der Waals surface area contributed by atoms with Crippen molar-refractivity contribution < 1.29 is 13.9 Å². The molecule has 1 aromatic rings. The van der Waals surface area contributed by atoms with E-state index in [1.54, 1.807) is 0 Å². The first kappa shape index (κ1) is 14.0. The van der Waals surface area contributed by atoms with Crippen molar-refractivity contribution in [3.63, 3.8) is 0 Å². The Kier molecular flexibility index (Phi) is 4.16. The largest absolute Gasteiger partial charge is 0.396 e. The molecular formula is C12H18F2N4O. The number of anilines is 2. The number of nitrogens with zero attached hydrogens (tertiary/aromatic N) is 1. The maximum absolute atomic E-state index is 13.6. The summed E-state index contributed by atoms with van der Waals surface area (Å²) in [5.74, 6) is 3.20. The molecule has 0 aromatic carbocycles. The molecule has 0 spiro atoms. The second kappa shape index (κ2) is 5.66. The number of aliphatic hydroxyl groups is 1. The highest BCUT2D eigenvalue weighted by Crippen LogP contribution is 2.37. The minimum Gasteiger partial charge on any atom is -0.396 e. The molecule has 7 heteroatoms. The van der Waals surface area contributed by atoms with Gasteiger partial charge in [-0.2, -0.15) is 0 Å². The molecule has 106 valence electrons. The molecule has 0 atom stereocenters. The van der Waals surface area contributed by atoms with Crippen LogP contribution in [0.1, 0.15) is 25.7 Å². The van der Waals surface area contributed by atoms with Gasteiger partial charge in [-0.1, -0.05) is 12.8 Å². The van der Waals surface area contributed by atoms with Crippen LogP contribution in [0.2, 0.25) is 0 Å². The molecule has 1 heterocycles. The molecule has 5 N–H and O–H groups in total. The summed E-state index contributed by atoms with van der Waals surface area (Å²) in [5.41, 5.74) is 1.83. The third-order valence-electron chi connectivity index (χ3n) is 3.70. The van der Waals surface area contributed by atoms with E-state index in [1.165, 1.54) is 0 Å². The molecule has 1 aliphatic rings. The van der Waals surface area contributed by atoms with Crippen molar-refractivity contribution in [2.24, 2.45) is 11.3 Å². The van der Waals surface area contributed by atoms with E-state index < -0.39 is 11.6 Å². The summed E-state index contributed by atoms with van der Waals surface area (Å²) in [7, 11) is 0. The van der Waals surface area contributed by atoms with Crippen LogP contribution in [0.5, 0.6) is 0 Å². The van der Waals surface area contributed by atoms with Crippen LogP contribution in [0, 0.1) is 17.0 Å². The van der Waals surface area contributed by atoms with Crippen LogP contribution in [0.4, 0.5) is 20.4 Å². The van der Waals surface area contributed by atoms with Gasteiger partial charge < -0.3 is 15.8 Å². The molecule has 2 rings (SSSR count). The van der Waals surface area contributed by atoms with Crippen molar-refractivity contribution in [1.82, 2.24) is 4.98 Å².